The molecule has 21 heavy (non-hydrogen) atoms. The average Bonchev–Trinajstić information content (AvgIpc) is 2.81. The molecule has 0 aliphatic rings. The number of hydrogen-bond acceptors (Lipinski definition) is 3. The molecule has 0 fully saturated rings. The number of primary amides is 1. The lowest BCUT2D eigenvalue weighted by Gasteiger charge is -2.11. The molecule has 0 aliphatic carbocycles. The highest BCUT2D eigenvalue weighted by Crippen LogP contribution is 2.27. The number of nitrogens with two attached hydrogens (primary N) is 1. The van der Waals surface area contributed by atoms with Crippen LogP contribution in [0.15, 0.2) is 29.4 Å². The van der Waals surface area contributed by atoms with E-state index in [-0.39, 0.29) is 11.2 Å². The molecule has 2 rings (SSSR count). The number of aryl methyl sites for hydroxylation is 1. The maximum absolute atomic E-state index is 11.3. The summed E-state index contributed by atoms with van der Waals surface area (Å²) in [6, 6.07) is 8.11. The van der Waals surface area contributed by atoms with Gasteiger partial charge in [0.15, 0.2) is 5.16 Å². The number of hydrogen-bond donors (Lipinski definition) is 1. The van der Waals surface area contributed by atoms with Gasteiger partial charge in [0.1, 0.15) is 0 Å². The second-order valence-electron chi connectivity index (χ2n) is 5.26. The Labute approximate surface area is 130 Å². The molecule has 0 radical (unpaired) electrons. The molecule has 1 aromatic carbocycles. The number of benzene rings is 1. The van der Waals surface area contributed by atoms with Gasteiger partial charge in [0.25, 0.3) is 0 Å². The Bertz CT molecular complexity index is 609. The minimum absolute atomic E-state index is 0.267. The number of carbonyl (C=O) groups is 1. The van der Waals surface area contributed by atoms with Crippen molar-refractivity contribution in [1.82, 2.24) is 9.55 Å². The van der Waals surface area contributed by atoms with E-state index in [1.165, 1.54) is 31.0 Å². The third-order valence-electron chi connectivity index (χ3n) is 3.54. The fourth-order valence-electron chi connectivity index (χ4n) is 2.27. The Morgan fingerprint density at radius 3 is 2.81 bits per heavy atom. The van der Waals surface area contributed by atoms with Crippen LogP contribution >= 0.6 is 11.8 Å². The zero-order chi connectivity index (χ0) is 15.2. The van der Waals surface area contributed by atoms with Crippen LogP contribution in [-0.2, 0) is 11.3 Å². The highest BCUT2D eigenvalue weighted by atomic mass is 32.2. The number of fused-ring (bicyclic) bond motifs is 1. The maximum Gasteiger partial charge on any atom is 0.230 e. The second kappa shape index (κ2) is 7.50. The fourth-order valence-corrected chi connectivity index (χ4v) is 3.17. The van der Waals surface area contributed by atoms with Gasteiger partial charge in [-0.2, -0.15) is 0 Å². The van der Waals surface area contributed by atoms with Crippen LogP contribution < -0.4 is 5.73 Å². The van der Waals surface area contributed by atoms with Crippen molar-refractivity contribution < 1.29 is 4.79 Å². The van der Waals surface area contributed by atoms with Gasteiger partial charge in [-0.1, -0.05) is 50.1 Å². The molecule has 0 saturated heterocycles. The third-order valence-corrected chi connectivity index (χ3v) is 4.65. The van der Waals surface area contributed by atoms with E-state index in [0.717, 1.165) is 29.2 Å². The van der Waals surface area contributed by atoms with Crippen molar-refractivity contribution in [3.63, 3.8) is 0 Å². The van der Waals surface area contributed by atoms with E-state index in [1.807, 2.05) is 25.1 Å². The van der Waals surface area contributed by atoms with Gasteiger partial charge >= 0.3 is 0 Å². The molecule has 0 bridgehead atoms. The maximum atomic E-state index is 11.3. The highest BCUT2D eigenvalue weighted by Gasteiger charge is 2.17. The molecular weight excluding hydrogens is 282 g/mol. The number of aromatic nitrogens is 2. The van der Waals surface area contributed by atoms with Gasteiger partial charge in [-0.25, -0.2) is 4.98 Å². The smallest absolute Gasteiger partial charge is 0.230 e. The highest BCUT2D eigenvalue weighted by molar-refractivity contribution is 8.00. The average molecular weight is 305 g/mol. The summed E-state index contributed by atoms with van der Waals surface area (Å²) in [4.78, 5) is 15.9. The summed E-state index contributed by atoms with van der Waals surface area (Å²) in [6.45, 7) is 4.98. The Morgan fingerprint density at radius 1 is 1.33 bits per heavy atom. The number of amides is 1. The van der Waals surface area contributed by atoms with Crippen molar-refractivity contribution in [3.8, 4) is 0 Å². The largest absolute Gasteiger partial charge is 0.369 e. The molecule has 0 aliphatic heterocycles. The first kappa shape index (κ1) is 15.9. The van der Waals surface area contributed by atoms with E-state index in [2.05, 4.69) is 22.5 Å². The van der Waals surface area contributed by atoms with Gasteiger partial charge in [0.2, 0.25) is 5.91 Å². The first-order valence-electron chi connectivity index (χ1n) is 7.54. The lowest BCUT2D eigenvalue weighted by molar-refractivity contribution is -0.117. The topological polar surface area (TPSA) is 60.9 Å². The van der Waals surface area contributed by atoms with E-state index in [0.29, 0.717) is 0 Å². The summed E-state index contributed by atoms with van der Waals surface area (Å²) < 4.78 is 2.22. The molecule has 1 atom stereocenters. The molecule has 2 N–H and O–H groups in total. The third kappa shape index (κ3) is 4.00. The summed E-state index contributed by atoms with van der Waals surface area (Å²) in [5.74, 6) is -0.301. The van der Waals surface area contributed by atoms with Gasteiger partial charge in [0.05, 0.1) is 16.3 Å². The Balaban J connectivity index is 2.23. The van der Waals surface area contributed by atoms with Gasteiger partial charge in [-0.05, 0) is 25.5 Å². The molecular formula is C16H23N3OS. The van der Waals surface area contributed by atoms with Crippen LogP contribution in [0.1, 0.15) is 39.5 Å². The van der Waals surface area contributed by atoms with Crippen molar-refractivity contribution in [3.05, 3.63) is 24.3 Å². The van der Waals surface area contributed by atoms with Gasteiger partial charge < -0.3 is 10.3 Å². The molecule has 0 saturated carbocycles. The summed E-state index contributed by atoms with van der Waals surface area (Å²) in [5, 5.41) is 0.621. The Morgan fingerprint density at radius 2 is 2.10 bits per heavy atom. The first-order chi connectivity index (χ1) is 10.1. The number of rotatable bonds is 8. The predicted octanol–water partition coefficient (Wildman–Crippen LogP) is 3.58. The Hall–Kier alpha value is -1.49. The van der Waals surface area contributed by atoms with Crippen LogP contribution in [0.2, 0.25) is 0 Å². The number of unbranched alkanes of at least 4 members (excludes halogenated alkanes) is 3. The van der Waals surface area contributed by atoms with E-state index in [4.69, 9.17) is 5.73 Å². The lowest BCUT2D eigenvalue weighted by Crippen LogP contribution is -2.23. The normalized spacial score (nSPS) is 12.7. The number of nitrogens with zero attached hydrogens (tertiary/aromatic N) is 2. The molecule has 4 nitrogen and oxygen atoms in total. The van der Waals surface area contributed by atoms with E-state index < -0.39 is 0 Å². The number of thioether (sulfide) groups is 1. The monoisotopic (exact) mass is 305 g/mol. The molecule has 5 heteroatoms. The van der Waals surface area contributed by atoms with Gasteiger partial charge in [-0.15, -0.1) is 0 Å². The quantitative estimate of drug-likeness (QED) is 0.599. The van der Waals surface area contributed by atoms with Crippen LogP contribution in [0.5, 0.6) is 0 Å². The zero-order valence-electron chi connectivity index (χ0n) is 12.7. The molecule has 114 valence electrons. The molecule has 1 heterocycles. The van der Waals surface area contributed by atoms with Gasteiger partial charge in [0, 0.05) is 6.54 Å². The fraction of sp³-hybridized carbons (Fsp3) is 0.500. The summed E-state index contributed by atoms with van der Waals surface area (Å²) in [6.07, 6.45) is 4.84. The summed E-state index contributed by atoms with van der Waals surface area (Å²) in [7, 11) is 0. The SMILES string of the molecule is CCCCCCn1c(S[C@H](C)C(N)=O)nc2ccccc21. The van der Waals surface area contributed by atoms with E-state index in [1.54, 1.807) is 0 Å². The van der Waals surface area contributed by atoms with Crippen molar-refractivity contribution in [2.24, 2.45) is 5.73 Å². The van der Waals surface area contributed by atoms with Crippen LogP contribution in [0.4, 0.5) is 0 Å². The molecule has 2 aromatic rings. The van der Waals surface area contributed by atoms with Crippen LogP contribution in [-0.4, -0.2) is 20.7 Å². The first-order valence-corrected chi connectivity index (χ1v) is 8.42. The van der Waals surface area contributed by atoms with Crippen molar-refractivity contribution in [2.45, 2.75) is 56.5 Å². The minimum Gasteiger partial charge on any atom is -0.369 e. The van der Waals surface area contributed by atoms with E-state index in [9.17, 15) is 4.79 Å². The molecule has 1 aromatic heterocycles. The van der Waals surface area contributed by atoms with Crippen LogP contribution in [0.3, 0.4) is 0 Å². The summed E-state index contributed by atoms with van der Waals surface area (Å²) >= 11 is 1.45. The number of carbonyl (C=O) groups excluding carboxylic acids is 1. The molecule has 1 amide bonds. The van der Waals surface area contributed by atoms with Crippen LogP contribution in [0.25, 0.3) is 11.0 Å². The van der Waals surface area contributed by atoms with E-state index >= 15 is 0 Å². The number of imidazole rings is 1. The van der Waals surface area contributed by atoms with Crippen molar-refractivity contribution in [2.75, 3.05) is 0 Å². The predicted molar refractivity (Wildman–Crippen MR) is 88.4 cm³/mol. The van der Waals surface area contributed by atoms with Crippen molar-refractivity contribution in [1.29, 1.82) is 0 Å². The Kier molecular flexibility index (Phi) is 5.67. The lowest BCUT2D eigenvalue weighted by atomic mass is 10.2. The zero-order valence-corrected chi connectivity index (χ0v) is 13.5. The van der Waals surface area contributed by atoms with Crippen LogP contribution in [0, 0.1) is 0 Å². The molecule has 0 unspecified atom stereocenters. The van der Waals surface area contributed by atoms with Gasteiger partial charge in [-0.3, -0.25) is 4.79 Å². The second-order valence-corrected chi connectivity index (χ2v) is 6.57. The number of para-hydroxylation sites is 2. The minimum atomic E-state index is -0.301. The van der Waals surface area contributed by atoms with Crippen molar-refractivity contribution >= 4 is 28.7 Å². The standard InChI is InChI=1S/C16H23N3OS/c1-3-4-5-8-11-19-14-10-7-6-9-13(14)18-16(19)21-12(2)15(17)20/h6-7,9-10,12H,3-5,8,11H2,1-2H3,(H2,17,20)/t12-/m1/s1. The summed E-state index contributed by atoms with van der Waals surface area (Å²) in [5.41, 5.74) is 7.48. The molecule has 0 spiro atoms.